The third-order valence-corrected chi connectivity index (χ3v) is 2.83. The molecule has 0 radical (unpaired) electrons. The largest absolute Gasteiger partial charge is 0.368 e. The molecule has 18 heavy (non-hydrogen) atoms. The topological polar surface area (TPSA) is 47.0 Å². The molecule has 0 saturated carbocycles. The van der Waals surface area contributed by atoms with Crippen LogP contribution in [0.4, 0.5) is 0 Å². The van der Waals surface area contributed by atoms with Crippen LogP contribution < -0.4 is 5.32 Å². The molecule has 1 N–H and O–H groups in total. The number of hydrogen-bond donors (Lipinski definition) is 1. The van der Waals surface area contributed by atoms with Crippen LogP contribution >= 0.6 is 0 Å². The fraction of sp³-hybridized carbons (Fsp3) is 0.714. The van der Waals surface area contributed by atoms with Gasteiger partial charge in [-0.15, -0.1) is 0 Å². The van der Waals surface area contributed by atoms with Gasteiger partial charge in [0.1, 0.15) is 5.60 Å². The second kappa shape index (κ2) is 6.25. The molecule has 0 aliphatic rings. The van der Waals surface area contributed by atoms with Gasteiger partial charge in [0.05, 0.1) is 0 Å². The summed E-state index contributed by atoms with van der Waals surface area (Å²) in [6.07, 6.45) is 1.90. The summed E-state index contributed by atoms with van der Waals surface area (Å²) in [7, 11) is 0. The Bertz CT molecular complexity index is 389. The number of aryl methyl sites for hydroxylation is 1. The van der Waals surface area contributed by atoms with Crippen molar-refractivity contribution in [3.05, 3.63) is 23.3 Å². The molecule has 1 heterocycles. The second-order valence-corrected chi connectivity index (χ2v) is 5.28. The Morgan fingerprint density at radius 2 is 2.06 bits per heavy atom. The van der Waals surface area contributed by atoms with Crippen LogP contribution in [0.1, 0.15) is 51.7 Å². The standard InChI is InChI=1S/C14H25N3O/c1-7-18-14(5,6)13-16-9-12(11(4)17-13)8-15-10(2)3/h9-10,15H,7-8H2,1-6H3. The summed E-state index contributed by atoms with van der Waals surface area (Å²) in [6.45, 7) is 13.7. The summed E-state index contributed by atoms with van der Waals surface area (Å²) >= 11 is 0. The van der Waals surface area contributed by atoms with E-state index < -0.39 is 5.60 Å². The molecule has 4 heteroatoms. The van der Waals surface area contributed by atoms with Gasteiger partial charge in [-0.2, -0.15) is 0 Å². The number of rotatable bonds is 6. The highest BCUT2D eigenvalue weighted by Gasteiger charge is 2.24. The first-order chi connectivity index (χ1) is 8.36. The molecule has 0 aliphatic carbocycles. The maximum Gasteiger partial charge on any atom is 0.159 e. The Balaban J connectivity index is 2.85. The van der Waals surface area contributed by atoms with Crippen molar-refractivity contribution in [2.24, 2.45) is 0 Å². The number of hydrogen-bond acceptors (Lipinski definition) is 4. The van der Waals surface area contributed by atoms with Gasteiger partial charge >= 0.3 is 0 Å². The maximum atomic E-state index is 5.67. The Morgan fingerprint density at radius 1 is 1.39 bits per heavy atom. The van der Waals surface area contributed by atoms with Crippen LogP contribution in [0.25, 0.3) is 0 Å². The molecule has 0 unspecified atom stereocenters. The van der Waals surface area contributed by atoms with Crippen molar-refractivity contribution >= 4 is 0 Å². The molecule has 0 aromatic carbocycles. The van der Waals surface area contributed by atoms with Gasteiger partial charge in [0.25, 0.3) is 0 Å². The van der Waals surface area contributed by atoms with Crippen LogP contribution in [0.15, 0.2) is 6.20 Å². The van der Waals surface area contributed by atoms with Crippen LogP contribution in [0.5, 0.6) is 0 Å². The number of nitrogens with one attached hydrogen (secondary N) is 1. The van der Waals surface area contributed by atoms with E-state index in [1.165, 1.54) is 0 Å². The molecule has 0 spiro atoms. The Kier molecular flexibility index (Phi) is 5.23. The minimum atomic E-state index is -0.427. The first-order valence-electron chi connectivity index (χ1n) is 6.57. The first kappa shape index (κ1) is 15.1. The van der Waals surface area contributed by atoms with Crippen LogP contribution in [-0.4, -0.2) is 22.6 Å². The van der Waals surface area contributed by atoms with Gasteiger partial charge in [0.15, 0.2) is 5.82 Å². The molecule has 0 bridgehead atoms. The Morgan fingerprint density at radius 3 is 2.56 bits per heavy atom. The van der Waals surface area contributed by atoms with E-state index in [4.69, 9.17) is 4.74 Å². The van der Waals surface area contributed by atoms with Crippen LogP contribution in [0.3, 0.4) is 0 Å². The fourth-order valence-corrected chi connectivity index (χ4v) is 1.70. The number of nitrogens with zero attached hydrogens (tertiary/aromatic N) is 2. The number of aromatic nitrogens is 2. The van der Waals surface area contributed by atoms with Crippen molar-refractivity contribution < 1.29 is 4.74 Å². The predicted octanol–water partition coefficient (Wildman–Crippen LogP) is 2.55. The smallest absolute Gasteiger partial charge is 0.159 e. The molecule has 1 aromatic heterocycles. The molecule has 102 valence electrons. The minimum absolute atomic E-state index is 0.427. The molecule has 0 amide bonds. The molecule has 0 atom stereocenters. The van der Waals surface area contributed by atoms with Gasteiger partial charge < -0.3 is 10.1 Å². The molecule has 1 rings (SSSR count). The second-order valence-electron chi connectivity index (χ2n) is 5.28. The molecule has 0 fully saturated rings. The lowest BCUT2D eigenvalue weighted by atomic mass is 10.1. The molecular formula is C14H25N3O. The van der Waals surface area contributed by atoms with Gasteiger partial charge in [0.2, 0.25) is 0 Å². The van der Waals surface area contributed by atoms with Crippen LogP contribution in [0.2, 0.25) is 0 Å². The predicted molar refractivity (Wildman–Crippen MR) is 73.4 cm³/mol. The lowest BCUT2D eigenvalue weighted by molar-refractivity contribution is -0.0209. The Labute approximate surface area is 110 Å². The van der Waals surface area contributed by atoms with Gasteiger partial charge in [-0.05, 0) is 27.7 Å². The van der Waals surface area contributed by atoms with Gasteiger partial charge in [-0.25, -0.2) is 9.97 Å². The molecular weight excluding hydrogens is 226 g/mol. The van der Waals surface area contributed by atoms with Gasteiger partial charge in [-0.3, -0.25) is 0 Å². The van der Waals surface area contributed by atoms with E-state index in [1.807, 2.05) is 33.9 Å². The highest BCUT2D eigenvalue weighted by molar-refractivity contribution is 5.17. The zero-order valence-electron chi connectivity index (χ0n) is 12.4. The number of ether oxygens (including phenoxy) is 1. The fourth-order valence-electron chi connectivity index (χ4n) is 1.70. The molecule has 0 aliphatic heterocycles. The van der Waals surface area contributed by atoms with E-state index in [-0.39, 0.29) is 0 Å². The van der Waals surface area contributed by atoms with Crippen LogP contribution in [-0.2, 0) is 16.9 Å². The lowest BCUT2D eigenvalue weighted by Crippen LogP contribution is -2.26. The zero-order valence-corrected chi connectivity index (χ0v) is 12.4. The SMILES string of the molecule is CCOC(C)(C)c1ncc(CNC(C)C)c(C)n1. The first-order valence-corrected chi connectivity index (χ1v) is 6.57. The average Bonchev–Trinajstić information content (AvgIpc) is 2.27. The van der Waals surface area contributed by atoms with Crippen molar-refractivity contribution in [2.75, 3.05) is 6.61 Å². The zero-order chi connectivity index (χ0) is 13.8. The van der Waals surface area contributed by atoms with Crippen molar-refractivity contribution in [1.82, 2.24) is 15.3 Å². The summed E-state index contributed by atoms with van der Waals surface area (Å²) in [5, 5.41) is 3.37. The lowest BCUT2D eigenvalue weighted by Gasteiger charge is -2.23. The van der Waals surface area contributed by atoms with E-state index in [9.17, 15) is 0 Å². The van der Waals surface area contributed by atoms with E-state index in [0.717, 1.165) is 23.6 Å². The highest BCUT2D eigenvalue weighted by atomic mass is 16.5. The molecule has 4 nitrogen and oxygen atoms in total. The quantitative estimate of drug-likeness (QED) is 0.844. The van der Waals surface area contributed by atoms with Gasteiger partial charge in [0, 0.05) is 36.6 Å². The van der Waals surface area contributed by atoms with E-state index in [1.54, 1.807) is 0 Å². The Hall–Kier alpha value is -1.00. The molecule has 1 aromatic rings. The third kappa shape index (κ3) is 4.03. The van der Waals surface area contributed by atoms with Gasteiger partial charge in [-0.1, -0.05) is 13.8 Å². The van der Waals surface area contributed by atoms with Crippen molar-refractivity contribution in [1.29, 1.82) is 0 Å². The summed E-state index contributed by atoms with van der Waals surface area (Å²) < 4.78 is 5.67. The van der Waals surface area contributed by atoms with E-state index >= 15 is 0 Å². The van der Waals surface area contributed by atoms with Crippen molar-refractivity contribution in [3.8, 4) is 0 Å². The summed E-state index contributed by atoms with van der Waals surface area (Å²) in [4.78, 5) is 9.00. The minimum Gasteiger partial charge on any atom is -0.368 e. The van der Waals surface area contributed by atoms with Crippen molar-refractivity contribution in [3.63, 3.8) is 0 Å². The van der Waals surface area contributed by atoms with Crippen molar-refractivity contribution in [2.45, 2.75) is 59.7 Å². The highest BCUT2D eigenvalue weighted by Crippen LogP contribution is 2.21. The average molecular weight is 251 g/mol. The summed E-state index contributed by atoms with van der Waals surface area (Å²) in [6, 6.07) is 0.462. The summed E-state index contributed by atoms with van der Waals surface area (Å²) in [5.41, 5.74) is 1.73. The van der Waals surface area contributed by atoms with E-state index in [2.05, 4.69) is 29.1 Å². The molecule has 0 saturated heterocycles. The maximum absolute atomic E-state index is 5.67. The summed E-state index contributed by atoms with van der Waals surface area (Å²) in [5.74, 6) is 0.746. The third-order valence-electron chi connectivity index (χ3n) is 2.83. The van der Waals surface area contributed by atoms with Crippen LogP contribution in [0, 0.1) is 6.92 Å². The normalized spacial score (nSPS) is 12.2. The van der Waals surface area contributed by atoms with E-state index in [0.29, 0.717) is 12.6 Å². The monoisotopic (exact) mass is 251 g/mol.